The fourth-order valence-corrected chi connectivity index (χ4v) is 3.90. The van der Waals surface area contributed by atoms with Crippen LogP contribution in [0, 0.1) is 0 Å². The van der Waals surface area contributed by atoms with Crippen molar-refractivity contribution in [3.8, 4) is 6.01 Å². The molecule has 0 aliphatic heterocycles. The van der Waals surface area contributed by atoms with Crippen molar-refractivity contribution in [3.05, 3.63) is 77.5 Å². The summed E-state index contributed by atoms with van der Waals surface area (Å²) in [5, 5.41) is 2.85. The maximum Gasteiger partial charge on any atom is 0.421 e. The van der Waals surface area contributed by atoms with Crippen molar-refractivity contribution >= 4 is 11.5 Å². The molecule has 1 fully saturated rings. The Labute approximate surface area is 179 Å². The van der Waals surface area contributed by atoms with Crippen molar-refractivity contribution in [2.24, 2.45) is 0 Å². The molecule has 4 rings (SSSR count). The Hall–Kier alpha value is -3.09. The Bertz CT molecular complexity index is 1000. The van der Waals surface area contributed by atoms with Gasteiger partial charge in [-0.15, -0.1) is 0 Å². The predicted octanol–water partition coefficient (Wildman–Crippen LogP) is 6.87. The zero-order chi connectivity index (χ0) is 21.7. The van der Waals surface area contributed by atoms with E-state index in [1.165, 1.54) is 19.3 Å². The smallest absolute Gasteiger partial charge is 0.421 e. The van der Waals surface area contributed by atoms with Crippen LogP contribution in [0.15, 0.2) is 60.8 Å². The lowest BCUT2D eigenvalue weighted by atomic mass is 9.84. The number of nitrogens with one attached hydrogen (secondary N) is 1. The number of aromatic nitrogens is 2. The summed E-state index contributed by atoms with van der Waals surface area (Å²) < 4.78 is 46.2. The first-order valence-electron chi connectivity index (χ1n) is 10.5. The Morgan fingerprint density at radius 3 is 2.48 bits per heavy atom. The number of rotatable bonds is 6. The van der Waals surface area contributed by atoms with Crippen LogP contribution in [-0.2, 0) is 12.8 Å². The van der Waals surface area contributed by atoms with Crippen molar-refractivity contribution in [2.45, 2.75) is 50.8 Å². The van der Waals surface area contributed by atoms with Crippen LogP contribution in [0.4, 0.5) is 24.7 Å². The third-order valence-electron chi connectivity index (χ3n) is 5.51. The average Bonchev–Trinajstić information content (AvgIpc) is 2.78. The molecule has 1 N–H and O–H groups in total. The summed E-state index contributed by atoms with van der Waals surface area (Å²) in [6.07, 6.45) is 2.03. The van der Waals surface area contributed by atoms with E-state index in [9.17, 15) is 13.2 Å². The normalized spacial score (nSPS) is 14.9. The second-order valence-electron chi connectivity index (χ2n) is 7.77. The van der Waals surface area contributed by atoms with Crippen molar-refractivity contribution in [2.75, 3.05) is 5.32 Å². The number of hydrogen-bond acceptors (Lipinski definition) is 4. The minimum Gasteiger partial charge on any atom is -0.459 e. The molecule has 0 unspecified atom stereocenters. The van der Waals surface area contributed by atoms with Gasteiger partial charge in [0.2, 0.25) is 0 Å². The Kier molecular flexibility index (Phi) is 6.39. The molecule has 1 aromatic heterocycles. The van der Waals surface area contributed by atoms with Crippen molar-refractivity contribution in [3.63, 3.8) is 0 Å². The molecule has 1 aliphatic carbocycles. The molecule has 0 bridgehead atoms. The van der Waals surface area contributed by atoms with Gasteiger partial charge < -0.3 is 10.1 Å². The van der Waals surface area contributed by atoms with Crippen LogP contribution in [0.2, 0.25) is 0 Å². The van der Waals surface area contributed by atoms with E-state index < -0.39 is 11.7 Å². The van der Waals surface area contributed by atoms with Crippen LogP contribution in [0.3, 0.4) is 0 Å². The molecular weight excluding hydrogens is 403 g/mol. The topological polar surface area (TPSA) is 47.0 Å². The average molecular weight is 427 g/mol. The molecule has 4 nitrogen and oxygen atoms in total. The molecule has 7 heteroatoms. The maximum atomic E-state index is 13.5. The molecule has 0 spiro atoms. The molecule has 3 aromatic rings. The summed E-state index contributed by atoms with van der Waals surface area (Å²) >= 11 is 0. The van der Waals surface area contributed by atoms with Gasteiger partial charge in [0.1, 0.15) is 18.0 Å². The fourth-order valence-electron chi connectivity index (χ4n) is 3.90. The van der Waals surface area contributed by atoms with Crippen LogP contribution in [-0.4, -0.2) is 9.97 Å². The lowest BCUT2D eigenvalue weighted by Crippen LogP contribution is -2.12. The third-order valence-corrected chi connectivity index (χ3v) is 5.51. The van der Waals surface area contributed by atoms with E-state index in [0.29, 0.717) is 11.6 Å². The minimum absolute atomic E-state index is 0.109. The molecular formula is C24H24F3N3O. The van der Waals surface area contributed by atoms with E-state index >= 15 is 0 Å². The van der Waals surface area contributed by atoms with Crippen molar-refractivity contribution in [1.29, 1.82) is 0 Å². The number of halogens is 3. The summed E-state index contributed by atoms with van der Waals surface area (Å²) in [4.78, 5) is 7.79. The molecule has 1 aliphatic rings. The highest BCUT2D eigenvalue weighted by Crippen LogP contribution is 2.37. The molecule has 1 saturated carbocycles. The van der Waals surface area contributed by atoms with Crippen LogP contribution in [0.25, 0.3) is 0 Å². The number of nitrogens with zero attached hydrogens (tertiary/aromatic N) is 2. The second kappa shape index (κ2) is 9.37. The highest BCUT2D eigenvalue weighted by atomic mass is 19.4. The zero-order valence-corrected chi connectivity index (χ0v) is 17.0. The molecule has 0 amide bonds. The van der Waals surface area contributed by atoms with Crippen LogP contribution < -0.4 is 10.1 Å². The molecule has 1 heterocycles. The lowest BCUT2D eigenvalue weighted by molar-refractivity contribution is -0.137. The van der Waals surface area contributed by atoms with Gasteiger partial charge in [-0.2, -0.15) is 18.2 Å². The maximum absolute atomic E-state index is 13.5. The zero-order valence-electron chi connectivity index (χ0n) is 17.0. The molecule has 0 atom stereocenters. The van der Waals surface area contributed by atoms with E-state index in [-0.39, 0.29) is 18.4 Å². The van der Waals surface area contributed by atoms with Gasteiger partial charge in [0.25, 0.3) is 0 Å². The van der Waals surface area contributed by atoms with Crippen molar-refractivity contribution < 1.29 is 17.9 Å². The first kappa shape index (κ1) is 21.2. The van der Waals surface area contributed by atoms with Crippen LogP contribution >= 0.6 is 0 Å². The van der Waals surface area contributed by atoms with E-state index in [1.54, 1.807) is 6.07 Å². The molecule has 31 heavy (non-hydrogen) atoms. The van der Waals surface area contributed by atoms with Crippen molar-refractivity contribution in [1.82, 2.24) is 9.97 Å². The Morgan fingerprint density at radius 2 is 1.74 bits per heavy atom. The fraction of sp³-hybridized carbons (Fsp3) is 0.333. The summed E-state index contributed by atoms with van der Waals surface area (Å²) in [5.74, 6) is 0.138. The van der Waals surface area contributed by atoms with Crippen LogP contribution in [0.1, 0.15) is 54.7 Å². The predicted molar refractivity (Wildman–Crippen MR) is 113 cm³/mol. The third kappa shape index (κ3) is 5.54. The monoisotopic (exact) mass is 427 g/mol. The van der Waals surface area contributed by atoms with E-state index in [0.717, 1.165) is 30.2 Å². The number of alkyl halides is 3. The number of anilines is 2. The Balaban J connectivity index is 1.56. The van der Waals surface area contributed by atoms with Crippen LogP contribution in [0.5, 0.6) is 6.01 Å². The molecule has 162 valence electrons. The number of benzene rings is 2. The van der Waals surface area contributed by atoms with Gasteiger partial charge in [-0.3, -0.25) is 0 Å². The number of hydrogen-bond donors (Lipinski definition) is 1. The lowest BCUT2D eigenvalue weighted by Gasteiger charge is -2.22. The van der Waals surface area contributed by atoms with E-state index in [1.807, 2.05) is 48.5 Å². The summed E-state index contributed by atoms with van der Waals surface area (Å²) in [6.45, 7) is 0.169. The van der Waals surface area contributed by atoms with Gasteiger partial charge in [-0.05, 0) is 42.0 Å². The number of ether oxygens (including phenoxy) is 1. The van der Waals surface area contributed by atoms with E-state index in [4.69, 9.17) is 4.74 Å². The minimum atomic E-state index is -4.58. The van der Waals surface area contributed by atoms with Gasteiger partial charge in [0.15, 0.2) is 0 Å². The quantitative estimate of drug-likeness (QED) is 0.467. The first-order chi connectivity index (χ1) is 15.0. The van der Waals surface area contributed by atoms with Gasteiger partial charge in [-0.1, -0.05) is 61.7 Å². The van der Waals surface area contributed by atoms with Gasteiger partial charge in [0.05, 0.1) is 0 Å². The summed E-state index contributed by atoms with van der Waals surface area (Å²) in [5.41, 5.74) is 1.66. The molecule has 0 saturated heterocycles. The highest BCUT2D eigenvalue weighted by Gasteiger charge is 2.35. The SMILES string of the molecule is FC(F)(F)c1cnc(OCc2ccccc2)nc1Nc1cccc(C2CCCCC2)c1. The molecule has 0 radical (unpaired) electrons. The highest BCUT2D eigenvalue weighted by molar-refractivity contribution is 5.61. The summed E-state index contributed by atoms with van der Waals surface area (Å²) in [6, 6.07) is 16.8. The standard InChI is InChI=1S/C24H24F3N3O/c25-24(26,27)21-15-28-23(31-16-17-8-3-1-4-9-17)30-22(21)29-20-13-7-12-19(14-20)18-10-5-2-6-11-18/h1,3-4,7-9,12-15,18H,2,5-6,10-11,16H2,(H,28,29,30). The molecule has 2 aromatic carbocycles. The summed E-state index contributed by atoms with van der Waals surface area (Å²) in [7, 11) is 0. The Morgan fingerprint density at radius 1 is 0.968 bits per heavy atom. The van der Waals surface area contributed by atoms with Gasteiger partial charge in [-0.25, -0.2) is 4.98 Å². The van der Waals surface area contributed by atoms with Gasteiger partial charge >= 0.3 is 12.2 Å². The largest absolute Gasteiger partial charge is 0.459 e. The van der Waals surface area contributed by atoms with E-state index in [2.05, 4.69) is 15.3 Å². The first-order valence-corrected chi connectivity index (χ1v) is 10.5. The van der Waals surface area contributed by atoms with Gasteiger partial charge in [0, 0.05) is 11.9 Å². The second-order valence-corrected chi connectivity index (χ2v) is 7.77.